The van der Waals surface area contributed by atoms with Crippen molar-refractivity contribution < 1.29 is 23.0 Å². The molecule has 0 bridgehead atoms. The molecule has 1 aromatic carbocycles. The van der Waals surface area contributed by atoms with Crippen LogP contribution in [0.5, 0.6) is 5.75 Å². The molecule has 0 atom stereocenters. The zero-order chi connectivity index (χ0) is 25.1. The topological polar surface area (TPSA) is 67.8 Å². The van der Waals surface area contributed by atoms with Crippen LogP contribution in [-0.4, -0.2) is 60.7 Å². The summed E-state index contributed by atoms with van der Waals surface area (Å²) in [7, 11) is 1.66. The summed E-state index contributed by atoms with van der Waals surface area (Å²) in [4.78, 5) is 24.9. The molecule has 2 aliphatic heterocycles. The summed E-state index contributed by atoms with van der Waals surface area (Å²) in [6, 6.07) is 2.41. The molecular formula is C27H34F2N4O3. The van der Waals surface area contributed by atoms with Gasteiger partial charge in [-0.2, -0.15) is 0 Å². The summed E-state index contributed by atoms with van der Waals surface area (Å²) in [6.45, 7) is 4.11. The molecule has 194 valence electrons. The maximum absolute atomic E-state index is 14.5. The molecule has 3 fully saturated rings. The van der Waals surface area contributed by atoms with Crippen LogP contribution in [-0.2, 0) is 22.6 Å². The van der Waals surface area contributed by atoms with E-state index in [0.29, 0.717) is 32.2 Å². The second-order valence-corrected chi connectivity index (χ2v) is 10.3. The van der Waals surface area contributed by atoms with Gasteiger partial charge in [-0.1, -0.05) is 0 Å². The number of benzene rings is 1. The van der Waals surface area contributed by atoms with Crippen molar-refractivity contribution in [2.75, 3.05) is 44.8 Å². The van der Waals surface area contributed by atoms with E-state index in [2.05, 4.69) is 14.9 Å². The SMILES string of the molecule is COCc1cnc(N2CCC(C3(CCOc4cc(F)c(CC(=O)N5CCC5)c(F)c4)CC3)CC2)nc1. The zero-order valence-corrected chi connectivity index (χ0v) is 20.8. The molecule has 1 aliphatic carbocycles. The number of hydrogen-bond donors (Lipinski definition) is 0. The summed E-state index contributed by atoms with van der Waals surface area (Å²) in [5.41, 5.74) is 1.04. The monoisotopic (exact) mass is 500 g/mol. The van der Waals surface area contributed by atoms with Crippen LogP contribution in [0.3, 0.4) is 0 Å². The molecule has 1 amide bonds. The maximum atomic E-state index is 14.5. The van der Waals surface area contributed by atoms with Gasteiger partial charge in [0.25, 0.3) is 0 Å². The summed E-state index contributed by atoms with van der Waals surface area (Å²) >= 11 is 0. The van der Waals surface area contributed by atoms with Crippen LogP contribution >= 0.6 is 0 Å². The molecule has 3 heterocycles. The lowest BCUT2D eigenvalue weighted by atomic mass is 9.79. The number of carbonyl (C=O) groups excluding carboxylic acids is 1. The predicted molar refractivity (Wildman–Crippen MR) is 131 cm³/mol. The number of amides is 1. The first-order valence-corrected chi connectivity index (χ1v) is 12.9. The van der Waals surface area contributed by atoms with Gasteiger partial charge in [-0.15, -0.1) is 0 Å². The van der Waals surface area contributed by atoms with E-state index in [1.165, 1.54) is 25.0 Å². The number of halogens is 2. The van der Waals surface area contributed by atoms with E-state index in [4.69, 9.17) is 9.47 Å². The van der Waals surface area contributed by atoms with Crippen LogP contribution in [0.2, 0.25) is 0 Å². The van der Waals surface area contributed by atoms with Gasteiger partial charge in [0.2, 0.25) is 11.9 Å². The lowest BCUT2D eigenvalue weighted by molar-refractivity contribution is -0.133. The fraction of sp³-hybridized carbons (Fsp3) is 0.593. The Bertz CT molecular complexity index is 1040. The Morgan fingerprint density at radius 2 is 1.75 bits per heavy atom. The lowest BCUT2D eigenvalue weighted by Gasteiger charge is -2.36. The maximum Gasteiger partial charge on any atom is 0.227 e. The van der Waals surface area contributed by atoms with E-state index in [-0.39, 0.29) is 29.1 Å². The molecule has 7 nitrogen and oxygen atoms in total. The highest BCUT2D eigenvalue weighted by Gasteiger charge is 2.49. The summed E-state index contributed by atoms with van der Waals surface area (Å²) in [5.74, 6) is -0.113. The molecule has 3 aliphatic rings. The van der Waals surface area contributed by atoms with Gasteiger partial charge < -0.3 is 19.3 Å². The summed E-state index contributed by atoms with van der Waals surface area (Å²) in [5, 5.41) is 0. The molecule has 2 aromatic rings. The van der Waals surface area contributed by atoms with Crippen molar-refractivity contribution in [3.8, 4) is 5.75 Å². The van der Waals surface area contributed by atoms with Gasteiger partial charge in [0.15, 0.2) is 0 Å². The molecule has 0 N–H and O–H groups in total. The smallest absolute Gasteiger partial charge is 0.227 e. The number of hydrogen-bond acceptors (Lipinski definition) is 6. The average Bonchev–Trinajstić information content (AvgIpc) is 3.62. The highest BCUT2D eigenvalue weighted by molar-refractivity contribution is 5.79. The Labute approximate surface area is 210 Å². The summed E-state index contributed by atoms with van der Waals surface area (Å²) < 4.78 is 40.0. The molecule has 36 heavy (non-hydrogen) atoms. The molecule has 9 heteroatoms. The Kier molecular flexibility index (Phi) is 7.37. The Hall–Kier alpha value is -2.81. The number of piperidine rings is 1. The third-order valence-corrected chi connectivity index (χ3v) is 8.06. The average molecular weight is 501 g/mol. The van der Waals surface area contributed by atoms with Crippen LogP contribution in [0.25, 0.3) is 0 Å². The van der Waals surface area contributed by atoms with E-state index in [0.717, 1.165) is 50.3 Å². The minimum Gasteiger partial charge on any atom is -0.493 e. The molecule has 2 saturated heterocycles. The van der Waals surface area contributed by atoms with E-state index in [9.17, 15) is 13.6 Å². The van der Waals surface area contributed by atoms with Gasteiger partial charge in [0, 0.05) is 68.9 Å². The summed E-state index contributed by atoms with van der Waals surface area (Å²) in [6.07, 6.45) is 9.70. The second kappa shape index (κ2) is 10.7. The standard InChI is InChI=1S/C27H34F2N4O3/c1-35-18-19-16-30-26(31-17-19)33-10-3-20(4-11-33)27(5-6-27)7-12-36-21-13-23(28)22(24(29)14-21)15-25(34)32-8-2-9-32/h13-14,16-17,20H,2-12,15,18H2,1H3. The zero-order valence-electron chi connectivity index (χ0n) is 20.8. The van der Waals surface area contributed by atoms with Gasteiger partial charge in [-0.25, -0.2) is 18.7 Å². The number of methoxy groups -OCH3 is 1. The second-order valence-electron chi connectivity index (χ2n) is 10.3. The number of ether oxygens (including phenoxy) is 2. The first-order valence-electron chi connectivity index (χ1n) is 12.9. The fourth-order valence-electron chi connectivity index (χ4n) is 5.50. The third-order valence-electron chi connectivity index (χ3n) is 8.06. The number of anilines is 1. The van der Waals surface area contributed by atoms with Crippen LogP contribution in [0, 0.1) is 23.0 Å². The Balaban J connectivity index is 1.10. The molecular weight excluding hydrogens is 466 g/mol. The first kappa shape index (κ1) is 24.9. The minimum atomic E-state index is -0.718. The fourth-order valence-corrected chi connectivity index (χ4v) is 5.50. The molecule has 1 saturated carbocycles. The van der Waals surface area contributed by atoms with Crippen LogP contribution in [0.1, 0.15) is 49.7 Å². The van der Waals surface area contributed by atoms with Gasteiger partial charge in [0.05, 0.1) is 19.6 Å². The quantitative estimate of drug-likeness (QED) is 0.489. The predicted octanol–water partition coefficient (Wildman–Crippen LogP) is 4.14. The van der Waals surface area contributed by atoms with Gasteiger partial charge >= 0.3 is 0 Å². The lowest BCUT2D eigenvalue weighted by Crippen LogP contribution is -2.43. The van der Waals surface area contributed by atoms with Gasteiger partial charge in [-0.05, 0) is 49.9 Å². The van der Waals surface area contributed by atoms with Crippen molar-refractivity contribution >= 4 is 11.9 Å². The van der Waals surface area contributed by atoms with Crippen LogP contribution in [0.4, 0.5) is 14.7 Å². The molecule has 1 aromatic heterocycles. The van der Waals surface area contributed by atoms with Crippen molar-refractivity contribution in [2.45, 2.75) is 51.6 Å². The van der Waals surface area contributed by atoms with Crippen molar-refractivity contribution in [1.29, 1.82) is 0 Å². The first-order chi connectivity index (χ1) is 17.5. The number of aromatic nitrogens is 2. The van der Waals surface area contributed by atoms with Crippen LogP contribution < -0.4 is 9.64 Å². The molecule has 0 unspecified atom stereocenters. The highest BCUT2D eigenvalue weighted by Crippen LogP contribution is 2.57. The van der Waals surface area contributed by atoms with Crippen molar-refractivity contribution in [1.82, 2.24) is 14.9 Å². The van der Waals surface area contributed by atoms with E-state index in [1.54, 1.807) is 12.0 Å². The number of likely N-dealkylation sites (tertiary alicyclic amines) is 1. The van der Waals surface area contributed by atoms with Crippen molar-refractivity contribution in [3.63, 3.8) is 0 Å². The molecule has 0 radical (unpaired) electrons. The molecule has 0 spiro atoms. The van der Waals surface area contributed by atoms with Crippen molar-refractivity contribution in [3.05, 3.63) is 47.3 Å². The number of nitrogens with zero attached hydrogens (tertiary/aromatic N) is 4. The van der Waals surface area contributed by atoms with Gasteiger partial charge in [-0.3, -0.25) is 4.79 Å². The number of rotatable bonds is 10. The van der Waals surface area contributed by atoms with E-state index in [1.807, 2.05) is 12.4 Å². The van der Waals surface area contributed by atoms with Crippen LogP contribution in [0.15, 0.2) is 24.5 Å². The van der Waals surface area contributed by atoms with E-state index < -0.39 is 11.6 Å². The minimum absolute atomic E-state index is 0.179. The number of carbonyl (C=O) groups is 1. The van der Waals surface area contributed by atoms with E-state index >= 15 is 0 Å². The van der Waals surface area contributed by atoms with Gasteiger partial charge in [0.1, 0.15) is 17.4 Å². The van der Waals surface area contributed by atoms with Crippen molar-refractivity contribution in [2.24, 2.45) is 11.3 Å². The Morgan fingerprint density at radius 3 is 2.31 bits per heavy atom. The highest BCUT2D eigenvalue weighted by atomic mass is 19.1. The third kappa shape index (κ3) is 5.45. The normalized spacial score (nSPS) is 19.2. The largest absolute Gasteiger partial charge is 0.493 e. The Morgan fingerprint density at radius 1 is 1.08 bits per heavy atom. The molecule has 5 rings (SSSR count).